The Morgan fingerprint density at radius 2 is 0.846 bits per heavy atom. The first-order chi connectivity index (χ1) is 12.2. The van der Waals surface area contributed by atoms with Crippen LogP contribution in [-0.4, -0.2) is 47.1 Å². The molecule has 158 valence electrons. The Bertz CT molecular complexity index is 552. The van der Waals surface area contributed by atoms with Gasteiger partial charge in [-0.2, -0.15) is 0 Å². The molecule has 0 unspecified atom stereocenters. The summed E-state index contributed by atoms with van der Waals surface area (Å²) in [6, 6.07) is 0. The second-order valence-corrected chi connectivity index (χ2v) is 34.2. The molecule has 1 aliphatic heterocycles. The number of rotatable bonds is 8. The third-order valence-electron chi connectivity index (χ3n) is 3.15. The molecule has 26 heavy (non-hydrogen) atoms. The standard InChI is InChI=1S/C6H12I6N3P3.C4H10I2NP/c7-1-16(2-8)13-17(3-9,4-10)15-18(5-11,6-12)14-16;1-7-8(2,3-5)4-6/h1-6H2;3-4H2,1-2H3. The maximum atomic E-state index is 5.29. The van der Waals surface area contributed by atoms with Gasteiger partial charge in [0.2, 0.25) is 0 Å². The summed E-state index contributed by atoms with van der Waals surface area (Å²) in [5.74, 6) is 0. The van der Waals surface area contributed by atoms with Crippen molar-refractivity contribution in [2.24, 2.45) is 18.3 Å². The molecule has 0 fully saturated rings. The lowest BCUT2D eigenvalue weighted by Crippen LogP contribution is -1.94. The third kappa shape index (κ3) is 10.2. The quantitative estimate of drug-likeness (QED) is 0.132. The van der Waals surface area contributed by atoms with E-state index in [2.05, 4.69) is 192 Å². The summed E-state index contributed by atoms with van der Waals surface area (Å²) in [5, 5.41) is 0. The van der Waals surface area contributed by atoms with Gasteiger partial charge in [0.25, 0.3) is 0 Å². The molecule has 0 aliphatic carbocycles. The molecule has 0 amide bonds. The van der Waals surface area contributed by atoms with E-state index in [1.165, 1.54) is 8.34 Å². The lowest BCUT2D eigenvalue weighted by Gasteiger charge is -2.33. The average molecular weight is 1340 g/mol. The number of nitrogens with zero attached hydrogens (tertiary/aromatic N) is 4. The fourth-order valence-corrected chi connectivity index (χ4v) is 46.5. The van der Waals surface area contributed by atoms with Gasteiger partial charge in [-0.05, 0) is 13.7 Å². The summed E-state index contributed by atoms with van der Waals surface area (Å²) in [5.41, 5.74) is 0. The zero-order valence-corrected chi connectivity index (χ0v) is 35.1. The highest BCUT2D eigenvalue weighted by molar-refractivity contribution is 14.1. The Morgan fingerprint density at radius 3 is 0.923 bits per heavy atom. The minimum atomic E-state index is -1.45. The molecule has 0 saturated heterocycles. The van der Waals surface area contributed by atoms with Crippen molar-refractivity contribution in [3.63, 3.8) is 0 Å². The minimum absolute atomic E-state index is 0.814. The Morgan fingerprint density at radius 1 is 0.615 bits per heavy atom. The highest BCUT2D eigenvalue weighted by Crippen LogP contribution is 2.80. The minimum Gasteiger partial charge on any atom is -0.305 e. The summed E-state index contributed by atoms with van der Waals surface area (Å²) >= 11 is 19.8. The Kier molecular flexibility index (Phi) is 20.7. The summed E-state index contributed by atoms with van der Waals surface area (Å²) in [4.78, 5) is 0. The van der Waals surface area contributed by atoms with E-state index in [1.807, 2.05) is 7.05 Å². The summed E-state index contributed by atoms with van der Waals surface area (Å²) < 4.78 is 29.3. The highest BCUT2D eigenvalue weighted by Gasteiger charge is 2.33. The van der Waals surface area contributed by atoms with E-state index in [0.717, 1.165) is 25.0 Å². The zero-order valence-electron chi connectivity index (χ0n) is 14.3. The topological polar surface area (TPSA) is 49.4 Å². The maximum Gasteiger partial charge on any atom is 0.0995 e. The molecule has 16 heteroatoms. The van der Waals surface area contributed by atoms with E-state index in [9.17, 15) is 0 Å². The molecule has 1 rings (SSSR count). The van der Waals surface area contributed by atoms with E-state index in [4.69, 9.17) is 13.5 Å². The van der Waals surface area contributed by atoms with Crippen LogP contribution < -0.4 is 0 Å². The molecule has 0 spiro atoms. The van der Waals surface area contributed by atoms with Gasteiger partial charge >= 0.3 is 0 Å². The van der Waals surface area contributed by atoms with Crippen LogP contribution in [0.15, 0.2) is 18.3 Å². The van der Waals surface area contributed by atoms with Crippen LogP contribution in [0.3, 0.4) is 0 Å². The molecule has 0 atom stereocenters. The van der Waals surface area contributed by atoms with Crippen LogP contribution in [0.2, 0.25) is 0 Å². The van der Waals surface area contributed by atoms with Gasteiger partial charge in [-0.3, -0.25) is 0 Å². The third-order valence-corrected chi connectivity index (χ3v) is 43.9. The molecular formula is C10H22I8N4P4. The van der Waals surface area contributed by atoms with Crippen molar-refractivity contribution in [1.29, 1.82) is 0 Å². The normalized spacial score (nSPS) is 19.9. The van der Waals surface area contributed by atoms with Crippen LogP contribution in [0.1, 0.15) is 0 Å². The molecule has 0 aromatic heterocycles. The Balaban J connectivity index is 0.000000660. The second-order valence-electron chi connectivity index (χ2n) is 5.40. The van der Waals surface area contributed by atoms with Crippen molar-refractivity contribution in [3.05, 3.63) is 0 Å². The van der Waals surface area contributed by atoms with Gasteiger partial charge < -0.3 is 4.74 Å². The summed E-state index contributed by atoms with van der Waals surface area (Å²) in [7, 11) is -3.23. The Hall–Kier alpha value is 6.76. The SMILES string of the molecule is CN=P(C)(CI)CI.ICP1(CI)=NP(CI)(CI)=NP(CI)(CI)=N1. The van der Waals surface area contributed by atoms with Crippen LogP contribution in [0.4, 0.5) is 0 Å². The van der Waals surface area contributed by atoms with Crippen LogP contribution >= 0.6 is 209 Å². The molecule has 1 aliphatic rings. The molecule has 0 radical (unpaired) electrons. The Labute approximate surface area is 268 Å². The molecular weight excluding hydrogens is 1320 g/mol. The molecule has 0 N–H and O–H groups in total. The van der Waals surface area contributed by atoms with Gasteiger partial charge in [-0.1, -0.05) is 181 Å². The van der Waals surface area contributed by atoms with E-state index in [1.54, 1.807) is 0 Å². The summed E-state index contributed by atoms with van der Waals surface area (Å²) in [6.45, 7) is 2.28. The van der Waals surface area contributed by atoms with Crippen LogP contribution in [-0.2, 0) is 0 Å². The highest BCUT2D eigenvalue weighted by atomic mass is 127. The fourth-order valence-electron chi connectivity index (χ4n) is 1.50. The van der Waals surface area contributed by atoms with Crippen LogP contribution in [0, 0.1) is 0 Å². The van der Waals surface area contributed by atoms with Crippen molar-refractivity contribution >= 4 is 209 Å². The van der Waals surface area contributed by atoms with Crippen molar-refractivity contribution in [2.45, 2.75) is 0 Å². The van der Waals surface area contributed by atoms with Gasteiger partial charge in [0.15, 0.2) is 0 Å². The average Bonchev–Trinajstić information content (AvgIpc) is 2.72. The molecule has 0 aromatic rings. The van der Waals surface area contributed by atoms with Crippen molar-refractivity contribution < 1.29 is 0 Å². The van der Waals surface area contributed by atoms with Gasteiger partial charge in [0.05, 0.1) is 46.6 Å². The fraction of sp³-hybridized carbons (Fsp3) is 1.00. The molecule has 0 aromatic carbocycles. The first-order valence-electron chi connectivity index (χ1n) is 6.96. The second kappa shape index (κ2) is 16.4. The van der Waals surface area contributed by atoms with Crippen LogP contribution in [0.5, 0.6) is 0 Å². The molecule has 4 nitrogen and oxygen atoms in total. The number of hydrogen-bond acceptors (Lipinski definition) is 4. The number of halogens is 8. The van der Waals surface area contributed by atoms with Gasteiger partial charge in [-0.15, -0.1) is 0 Å². The van der Waals surface area contributed by atoms with Crippen molar-refractivity contribution in [2.75, 3.05) is 47.1 Å². The summed E-state index contributed by atoms with van der Waals surface area (Å²) in [6.07, 6.45) is 0. The van der Waals surface area contributed by atoms with Gasteiger partial charge in [0, 0.05) is 15.4 Å². The monoisotopic (exact) mass is 1340 g/mol. The van der Waals surface area contributed by atoms with Crippen LogP contribution in [0.25, 0.3) is 0 Å². The van der Waals surface area contributed by atoms with Gasteiger partial charge in [0.1, 0.15) is 0 Å². The number of alkyl halides is 8. The lowest BCUT2D eigenvalue weighted by molar-refractivity contribution is 1.48. The van der Waals surface area contributed by atoms with E-state index in [0.29, 0.717) is 0 Å². The first kappa shape index (κ1) is 32.8. The zero-order chi connectivity index (χ0) is 20.5. The van der Waals surface area contributed by atoms with E-state index >= 15 is 0 Å². The number of hydrogen-bond donors (Lipinski definition) is 0. The first-order valence-corrected chi connectivity index (χ1v) is 27.9. The molecule has 0 saturated carbocycles. The predicted octanol–water partition coefficient (Wildman–Crippen LogP) is 11.9. The van der Waals surface area contributed by atoms with E-state index in [-0.39, 0.29) is 0 Å². The smallest absolute Gasteiger partial charge is 0.0995 e. The lowest BCUT2D eigenvalue weighted by atomic mass is 11.6. The maximum absolute atomic E-state index is 5.29. The molecule has 1 heterocycles. The molecule has 0 bridgehead atoms. The van der Waals surface area contributed by atoms with E-state index < -0.39 is 28.7 Å². The van der Waals surface area contributed by atoms with Crippen molar-refractivity contribution in [1.82, 2.24) is 0 Å². The van der Waals surface area contributed by atoms with Crippen molar-refractivity contribution in [3.8, 4) is 0 Å². The largest absolute Gasteiger partial charge is 0.305 e. The predicted molar refractivity (Wildman–Crippen MR) is 200 cm³/mol. The van der Waals surface area contributed by atoms with Gasteiger partial charge in [-0.25, -0.2) is 13.5 Å².